The van der Waals surface area contributed by atoms with Crippen LogP contribution in [-0.4, -0.2) is 18.1 Å². The van der Waals surface area contributed by atoms with E-state index >= 15 is 0 Å². The van der Waals surface area contributed by atoms with Crippen molar-refractivity contribution in [3.8, 4) is 0 Å². The molecule has 0 amide bonds. The number of rotatable bonds is 3. The van der Waals surface area contributed by atoms with Gasteiger partial charge in [-0.15, -0.1) is 0 Å². The van der Waals surface area contributed by atoms with Gasteiger partial charge in [-0.05, 0) is 22.0 Å². The highest BCUT2D eigenvalue weighted by atomic mass is 79.9. The van der Waals surface area contributed by atoms with Gasteiger partial charge in [0.05, 0.1) is 10.2 Å². The molecular weight excluding hydrogens is 206 g/mol. The normalized spacial score (nSPS) is 9.64. The van der Waals surface area contributed by atoms with Crippen molar-refractivity contribution < 1.29 is 0 Å². The molecule has 3 N–H and O–H groups in total. The van der Waals surface area contributed by atoms with Crippen LogP contribution in [0.15, 0.2) is 22.9 Å². The number of hydrogen-bond acceptors (Lipinski definition) is 3. The van der Waals surface area contributed by atoms with Crippen molar-refractivity contribution >= 4 is 21.6 Å². The minimum Gasteiger partial charge on any atom is -0.383 e. The van der Waals surface area contributed by atoms with Crippen LogP contribution in [0.5, 0.6) is 0 Å². The molecule has 0 atom stereocenters. The summed E-state index contributed by atoms with van der Waals surface area (Å²) in [5.74, 6) is 0. The summed E-state index contributed by atoms with van der Waals surface area (Å²) in [5, 5.41) is 3.15. The zero-order chi connectivity index (χ0) is 8.10. The summed E-state index contributed by atoms with van der Waals surface area (Å²) in [7, 11) is 0. The van der Waals surface area contributed by atoms with Crippen LogP contribution in [0.3, 0.4) is 0 Å². The van der Waals surface area contributed by atoms with Crippen molar-refractivity contribution in [2.24, 2.45) is 5.73 Å². The van der Waals surface area contributed by atoms with E-state index in [4.69, 9.17) is 5.73 Å². The van der Waals surface area contributed by atoms with E-state index in [1.54, 1.807) is 12.4 Å². The molecule has 0 saturated heterocycles. The smallest absolute Gasteiger partial charge is 0.0590 e. The molecule has 0 aromatic carbocycles. The quantitative estimate of drug-likeness (QED) is 0.798. The second-order valence-electron chi connectivity index (χ2n) is 2.07. The fraction of sp³-hybridized carbons (Fsp3) is 0.286. The molecule has 0 radical (unpaired) electrons. The molecule has 0 aliphatic heterocycles. The third-order valence-electron chi connectivity index (χ3n) is 1.23. The Morgan fingerprint density at radius 2 is 2.45 bits per heavy atom. The number of anilines is 1. The Morgan fingerprint density at radius 3 is 3.09 bits per heavy atom. The van der Waals surface area contributed by atoms with E-state index in [9.17, 15) is 0 Å². The maximum Gasteiger partial charge on any atom is 0.0590 e. The molecule has 0 aliphatic rings. The van der Waals surface area contributed by atoms with E-state index < -0.39 is 0 Å². The maximum absolute atomic E-state index is 5.33. The van der Waals surface area contributed by atoms with E-state index in [0.717, 1.165) is 16.7 Å². The summed E-state index contributed by atoms with van der Waals surface area (Å²) in [4.78, 5) is 3.93. The number of nitrogens with zero attached hydrogens (tertiary/aromatic N) is 1. The van der Waals surface area contributed by atoms with Crippen LogP contribution in [0.4, 0.5) is 5.69 Å². The molecule has 0 aliphatic carbocycles. The van der Waals surface area contributed by atoms with Crippen LogP contribution in [0.1, 0.15) is 0 Å². The summed E-state index contributed by atoms with van der Waals surface area (Å²) >= 11 is 3.36. The number of hydrogen-bond donors (Lipinski definition) is 2. The van der Waals surface area contributed by atoms with Gasteiger partial charge in [-0.25, -0.2) is 0 Å². The Kier molecular flexibility index (Phi) is 3.32. The minimum atomic E-state index is 0.634. The first-order valence-electron chi connectivity index (χ1n) is 3.38. The van der Waals surface area contributed by atoms with E-state index in [0.29, 0.717) is 6.54 Å². The van der Waals surface area contributed by atoms with Gasteiger partial charge < -0.3 is 11.1 Å². The predicted octanol–water partition coefficient (Wildman–Crippen LogP) is 1.21. The molecule has 0 unspecified atom stereocenters. The van der Waals surface area contributed by atoms with Gasteiger partial charge in [0.25, 0.3) is 0 Å². The first-order chi connectivity index (χ1) is 5.34. The van der Waals surface area contributed by atoms with Gasteiger partial charge in [-0.2, -0.15) is 0 Å². The molecule has 1 aromatic heterocycles. The molecule has 1 heterocycles. The van der Waals surface area contributed by atoms with E-state index in [1.165, 1.54) is 0 Å². The maximum atomic E-state index is 5.33. The molecule has 11 heavy (non-hydrogen) atoms. The summed E-state index contributed by atoms with van der Waals surface area (Å²) in [6, 6.07) is 1.90. The number of halogens is 1. The Bertz CT molecular complexity index is 227. The SMILES string of the molecule is NCCNc1ccncc1Br. The van der Waals surface area contributed by atoms with Crippen LogP contribution < -0.4 is 11.1 Å². The third-order valence-corrected chi connectivity index (χ3v) is 1.86. The number of nitrogens with two attached hydrogens (primary N) is 1. The summed E-state index contributed by atoms with van der Waals surface area (Å²) in [5.41, 5.74) is 6.37. The number of pyridine rings is 1. The Hall–Kier alpha value is -0.610. The lowest BCUT2D eigenvalue weighted by Gasteiger charge is -2.04. The van der Waals surface area contributed by atoms with Crippen molar-refractivity contribution in [3.63, 3.8) is 0 Å². The molecule has 0 fully saturated rings. The fourth-order valence-corrected chi connectivity index (χ4v) is 1.12. The highest BCUT2D eigenvalue weighted by Gasteiger charge is 1.94. The molecule has 0 bridgehead atoms. The number of nitrogens with one attached hydrogen (secondary N) is 1. The predicted molar refractivity (Wildman–Crippen MR) is 49.5 cm³/mol. The molecule has 60 valence electrons. The Labute approximate surface area is 74.1 Å². The van der Waals surface area contributed by atoms with Gasteiger partial charge in [0.1, 0.15) is 0 Å². The van der Waals surface area contributed by atoms with Gasteiger partial charge in [0.2, 0.25) is 0 Å². The average molecular weight is 216 g/mol. The molecular formula is C7H10BrN3. The third kappa shape index (κ3) is 2.48. The van der Waals surface area contributed by atoms with Gasteiger partial charge >= 0.3 is 0 Å². The molecule has 1 aromatic rings. The van der Waals surface area contributed by atoms with Crippen molar-refractivity contribution in [1.82, 2.24) is 4.98 Å². The lowest BCUT2D eigenvalue weighted by molar-refractivity contribution is 1.02. The van der Waals surface area contributed by atoms with Gasteiger partial charge in [0, 0.05) is 25.5 Å². The summed E-state index contributed by atoms with van der Waals surface area (Å²) in [6.07, 6.45) is 3.49. The van der Waals surface area contributed by atoms with Crippen molar-refractivity contribution in [3.05, 3.63) is 22.9 Å². The van der Waals surface area contributed by atoms with Crippen LogP contribution >= 0.6 is 15.9 Å². The number of aromatic nitrogens is 1. The standard InChI is InChI=1S/C7H10BrN3/c8-6-5-10-3-1-7(6)11-4-2-9/h1,3,5H,2,4,9H2,(H,10,11). The highest BCUT2D eigenvalue weighted by molar-refractivity contribution is 9.10. The lowest BCUT2D eigenvalue weighted by atomic mass is 10.4. The van der Waals surface area contributed by atoms with Gasteiger partial charge in [-0.1, -0.05) is 0 Å². The molecule has 3 nitrogen and oxygen atoms in total. The Balaban J connectivity index is 2.62. The van der Waals surface area contributed by atoms with Crippen molar-refractivity contribution in [2.75, 3.05) is 18.4 Å². The summed E-state index contributed by atoms with van der Waals surface area (Å²) in [6.45, 7) is 1.41. The largest absolute Gasteiger partial charge is 0.383 e. The second-order valence-corrected chi connectivity index (χ2v) is 2.93. The molecule has 0 saturated carbocycles. The molecule has 0 spiro atoms. The van der Waals surface area contributed by atoms with Crippen molar-refractivity contribution in [2.45, 2.75) is 0 Å². The zero-order valence-electron chi connectivity index (χ0n) is 6.05. The van der Waals surface area contributed by atoms with Crippen LogP contribution in [0, 0.1) is 0 Å². The second kappa shape index (κ2) is 4.31. The molecule has 4 heteroatoms. The minimum absolute atomic E-state index is 0.634. The zero-order valence-corrected chi connectivity index (χ0v) is 7.63. The van der Waals surface area contributed by atoms with Crippen LogP contribution in [0.25, 0.3) is 0 Å². The highest BCUT2D eigenvalue weighted by Crippen LogP contribution is 2.18. The monoisotopic (exact) mass is 215 g/mol. The fourth-order valence-electron chi connectivity index (χ4n) is 0.725. The topological polar surface area (TPSA) is 50.9 Å². The average Bonchev–Trinajstić information content (AvgIpc) is 2.03. The molecule has 1 rings (SSSR count). The summed E-state index contributed by atoms with van der Waals surface area (Å²) < 4.78 is 0.966. The van der Waals surface area contributed by atoms with Crippen LogP contribution in [0.2, 0.25) is 0 Å². The van der Waals surface area contributed by atoms with E-state index in [2.05, 4.69) is 26.2 Å². The van der Waals surface area contributed by atoms with Gasteiger partial charge in [0.15, 0.2) is 0 Å². The first kappa shape index (κ1) is 8.49. The van der Waals surface area contributed by atoms with Crippen molar-refractivity contribution in [1.29, 1.82) is 0 Å². The Morgan fingerprint density at radius 1 is 1.64 bits per heavy atom. The van der Waals surface area contributed by atoms with E-state index in [-0.39, 0.29) is 0 Å². The first-order valence-corrected chi connectivity index (χ1v) is 4.17. The van der Waals surface area contributed by atoms with Crippen LogP contribution in [-0.2, 0) is 0 Å². The lowest BCUT2D eigenvalue weighted by Crippen LogP contribution is -2.13. The van der Waals surface area contributed by atoms with Gasteiger partial charge in [-0.3, -0.25) is 4.98 Å². The van der Waals surface area contributed by atoms with E-state index in [1.807, 2.05) is 6.07 Å².